The van der Waals surface area contributed by atoms with Crippen molar-refractivity contribution in [2.24, 2.45) is 11.3 Å². The molecule has 3 rings (SSSR count). The van der Waals surface area contributed by atoms with Gasteiger partial charge in [0.15, 0.2) is 0 Å². The summed E-state index contributed by atoms with van der Waals surface area (Å²) in [6.07, 6.45) is 3.30. The predicted octanol–water partition coefficient (Wildman–Crippen LogP) is 7.13. The number of phenols is 1. The molecule has 2 aromatic carbocycles. The summed E-state index contributed by atoms with van der Waals surface area (Å²) in [4.78, 5) is 10.4. The van der Waals surface area contributed by atoms with Crippen LogP contribution in [0.4, 0.5) is 13.2 Å². The van der Waals surface area contributed by atoms with Crippen molar-refractivity contribution in [2.75, 3.05) is 6.54 Å². The van der Waals surface area contributed by atoms with Gasteiger partial charge < -0.3 is 15.5 Å². The summed E-state index contributed by atoms with van der Waals surface area (Å²) in [6, 6.07) is 6.99. The Balaban J connectivity index is 0.000000321. The Hall–Kier alpha value is -2.28. The van der Waals surface area contributed by atoms with Gasteiger partial charge in [-0.3, -0.25) is 4.79 Å². The van der Waals surface area contributed by atoms with Crippen molar-refractivity contribution in [1.82, 2.24) is 5.32 Å². The minimum Gasteiger partial charge on any atom is -0.507 e. The van der Waals surface area contributed by atoms with Crippen LogP contribution in [-0.4, -0.2) is 22.7 Å². The molecular formula is C26H36F3NO3. The molecule has 1 saturated carbocycles. The molecule has 1 aliphatic rings. The molecule has 1 aliphatic carbocycles. The van der Waals surface area contributed by atoms with Crippen LogP contribution in [0.25, 0.3) is 10.8 Å². The van der Waals surface area contributed by atoms with Crippen molar-refractivity contribution in [1.29, 1.82) is 0 Å². The van der Waals surface area contributed by atoms with Crippen LogP contribution in [0, 0.1) is 11.3 Å². The Kier molecular flexibility index (Phi) is 9.58. The van der Waals surface area contributed by atoms with Gasteiger partial charge in [0.2, 0.25) is 0 Å². The van der Waals surface area contributed by atoms with Gasteiger partial charge in [0.05, 0.1) is 0 Å². The Morgan fingerprint density at radius 2 is 1.73 bits per heavy atom. The molecule has 0 atom stereocenters. The van der Waals surface area contributed by atoms with Crippen LogP contribution in [0.2, 0.25) is 0 Å². The van der Waals surface area contributed by atoms with E-state index in [2.05, 4.69) is 26.1 Å². The number of rotatable bonds is 6. The van der Waals surface area contributed by atoms with Crippen molar-refractivity contribution in [3.8, 4) is 5.75 Å². The second-order valence-corrected chi connectivity index (χ2v) is 9.89. The average molecular weight is 468 g/mol. The molecule has 0 heterocycles. The first-order valence-corrected chi connectivity index (χ1v) is 11.6. The summed E-state index contributed by atoms with van der Waals surface area (Å²) < 4.78 is 39.0. The summed E-state index contributed by atoms with van der Waals surface area (Å²) in [5.41, 5.74) is 0.322. The number of hydrogen-bond acceptors (Lipinski definition) is 3. The number of carboxylic acid groups (broad SMARTS) is 1. The fourth-order valence-electron chi connectivity index (χ4n) is 4.34. The molecule has 1 fully saturated rings. The van der Waals surface area contributed by atoms with Crippen molar-refractivity contribution in [3.63, 3.8) is 0 Å². The fraction of sp³-hybridized carbons (Fsp3) is 0.577. The van der Waals surface area contributed by atoms with Crippen molar-refractivity contribution < 1.29 is 28.2 Å². The lowest BCUT2D eigenvalue weighted by atomic mass is 9.72. The summed E-state index contributed by atoms with van der Waals surface area (Å²) in [5, 5.41) is 21.4. The van der Waals surface area contributed by atoms with Crippen molar-refractivity contribution in [3.05, 3.63) is 41.5 Å². The lowest BCUT2D eigenvalue weighted by Crippen LogP contribution is -2.22. The Morgan fingerprint density at radius 3 is 2.27 bits per heavy atom. The summed E-state index contributed by atoms with van der Waals surface area (Å²) in [7, 11) is 0. The standard InChI is InChI=1S/C16H16F3NO3.C10H20/c17-16(18,19)15-12-5-3-10(8-11(12)4-6-13(15)21)9-20-7-1-2-14(22)23;1-10(2,3)9-7-5-4-6-8-9/h3-6,8,20-21H,1-2,7,9H2,(H,22,23);9H,4-8H2,1-3H3. The first kappa shape index (κ1) is 27.0. The fourth-order valence-corrected chi connectivity index (χ4v) is 4.34. The maximum absolute atomic E-state index is 13.0. The molecule has 4 nitrogen and oxygen atoms in total. The molecular weight excluding hydrogens is 431 g/mol. The van der Waals surface area contributed by atoms with Gasteiger partial charge in [-0.2, -0.15) is 13.2 Å². The van der Waals surface area contributed by atoms with E-state index >= 15 is 0 Å². The van der Waals surface area contributed by atoms with E-state index in [0.717, 1.165) is 17.5 Å². The van der Waals surface area contributed by atoms with Gasteiger partial charge in [0.25, 0.3) is 0 Å². The minimum absolute atomic E-state index is 0.0490. The second-order valence-electron chi connectivity index (χ2n) is 9.89. The van der Waals surface area contributed by atoms with E-state index in [1.54, 1.807) is 12.1 Å². The number of carbonyl (C=O) groups is 1. The quantitative estimate of drug-likeness (QED) is 0.395. The molecule has 0 aliphatic heterocycles. The predicted molar refractivity (Wildman–Crippen MR) is 125 cm³/mol. The summed E-state index contributed by atoms with van der Waals surface area (Å²) in [5.74, 6) is -0.650. The minimum atomic E-state index is -4.62. The monoisotopic (exact) mass is 467 g/mol. The number of phenolic OH excluding ortho intramolecular Hbond substituents is 1. The van der Waals surface area contributed by atoms with Gasteiger partial charge in [-0.25, -0.2) is 0 Å². The van der Waals surface area contributed by atoms with Crippen LogP contribution < -0.4 is 5.32 Å². The molecule has 0 unspecified atom stereocenters. The number of carboxylic acids is 1. The van der Waals surface area contributed by atoms with Gasteiger partial charge in [-0.05, 0) is 65.6 Å². The smallest absolute Gasteiger partial charge is 0.420 e. The highest BCUT2D eigenvalue weighted by Gasteiger charge is 2.35. The molecule has 0 saturated heterocycles. The number of alkyl halides is 3. The number of nitrogens with one attached hydrogen (secondary N) is 1. The Bertz CT molecular complexity index is 913. The van der Waals surface area contributed by atoms with Gasteiger partial charge in [-0.1, -0.05) is 58.2 Å². The van der Waals surface area contributed by atoms with E-state index in [1.807, 2.05) is 0 Å². The first-order chi connectivity index (χ1) is 15.4. The molecule has 0 bridgehead atoms. The Labute approximate surface area is 194 Å². The SMILES string of the molecule is CC(C)(C)C1CCCCC1.O=C(O)CCCNCc1ccc2c(C(F)(F)F)c(O)ccc2c1. The van der Waals surface area contributed by atoms with E-state index in [1.165, 1.54) is 44.2 Å². The molecule has 184 valence electrons. The van der Waals surface area contributed by atoms with E-state index in [4.69, 9.17) is 5.11 Å². The molecule has 33 heavy (non-hydrogen) atoms. The molecule has 0 amide bonds. The number of benzene rings is 2. The lowest BCUT2D eigenvalue weighted by Gasteiger charge is -2.33. The highest BCUT2D eigenvalue weighted by Crippen LogP contribution is 2.41. The summed E-state index contributed by atoms with van der Waals surface area (Å²) >= 11 is 0. The lowest BCUT2D eigenvalue weighted by molar-refractivity contribution is -0.138. The van der Waals surface area contributed by atoms with Crippen LogP contribution in [0.5, 0.6) is 5.75 Å². The molecule has 7 heteroatoms. The topological polar surface area (TPSA) is 69.6 Å². The summed E-state index contributed by atoms with van der Waals surface area (Å²) in [6.45, 7) is 8.07. The van der Waals surface area contributed by atoms with Crippen LogP contribution >= 0.6 is 0 Å². The molecule has 0 spiro atoms. The molecule has 0 radical (unpaired) electrons. The molecule has 2 aromatic rings. The van der Waals surface area contributed by atoms with Gasteiger partial charge >= 0.3 is 12.1 Å². The van der Waals surface area contributed by atoms with Crippen LogP contribution in [0.1, 0.15) is 76.8 Å². The average Bonchev–Trinajstić information content (AvgIpc) is 2.73. The number of aromatic hydroxyl groups is 1. The zero-order valence-corrected chi connectivity index (χ0v) is 19.8. The number of halogens is 3. The van der Waals surface area contributed by atoms with E-state index in [-0.39, 0.29) is 11.8 Å². The Morgan fingerprint density at radius 1 is 1.06 bits per heavy atom. The zero-order valence-electron chi connectivity index (χ0n) is 19.8. The van der Waals surface area contributed by atoms with Gasteiger partial charge in [0, 0.05) is 13.0 Å². The molecule has 3 N–H and O–H groups in total. The van der Waals surface area contributed by atoms with Crippen molar-refractivity contribution in [2.45, 2.75) is 78.4 Å². The van der Waals surface area contributed by atoms with Crippen molar-refractivity contribution >= 4 is 16.7 Å². The van der Waals surface area contributed by atoms with E-state index in [9.17, 15) is 23.1 Å². The molecule has 0 aromatic heterocycles. The number of fused-ring (bicyclic) bond motifs is 1. The maximum atomic E-state index is 13.0. The maximum Gasteiger partial charge on any atom is 0.420 e. The van der Waals surface area contributed by atoms with Crippen LogP contribution in [-0.2, 0) is 17.5 Å². The highest BCUT2D eigenvalue weighted by molar-refractivity contribution is 5.88. The van der Waals surface area contributed by atoms with E-state index < -0.39 is 23.5 Å². The third kappa shape index (κ3) is 8.54. The van der Waals surface area contributed by atoms with Crippen LogP contribution in [0.3, 0.4) is 0 Å². The largest absolute Gasteiger partial charge is 0.507 e. The van der Waals surface area contributed by atoms with E-state index in [0.29, 0.717) is 30.3 Å². The third-order valence-corrected chi connectivity index (χ3v) is 6.25. The first-order valence-electron chi connectivity index (χ1n) is 11.6. The van der Waals surface area contributed by atoms with Crippen LogP contribution in [0.15, 0.2) is 30.3 Å². The second kappa shape index (κ2) is 11.7. The highest BCUT2D eigenvalue weighted by atomic mass is 19.4. The third-order valence-electron chi connectivity index (χ3n) is 6.25. The number of aliphatic carboxylic acids is 1. The number of hydrogen-bond donors (Lipinski definition) is 3. The zero-order chi connectivity index (χ0) is 24.6. The van der Waals surface area contributed by atoms with Gasteiger partial charge in [-0.15, -0.1) is 0 Å². The van der Waals surface area contributed by atoms with Gasteiger partial charge in [0.1, 0.15) is 11.3 Å². The normalized spacial score (nSPS) is 15.2.